The molecule has 1 fully saturated rings. The van der Waals surface area contributed by atoms with Gasteiger partial charge in [-0.1, -0.05) is 19.8 Å². The van der Waals surface area contributed by atoms with Gasteiger partial charge in [0.1, 0.15) is 0 Å². The molecular weight excluding hydrogens is 416 g/mol. The Morgan fingerprint density at radius 2 is 1.66 bits per heavy atom. The third-order valence-electron chi connectivity index (χ3n) is 6.62. The summed E-state index contributed by atoms with van der Waals surface area (Å²) in [6.07, 6.45) is 2.69. The first kappa shape index (κ1) is 20.8. The van der Waals surface area contributed by atoms with E-state index in [4.69, 9.17) is 18.9 Å². The fourth-order valence-corrected chi connectivity index (χ4v) is 5.09. The average Bonchev–Trinajstić information content (AvgIpc) is 3.39. The van der Waals surface area contributed by atoms with Crippen LogP contribution in [0.1, 0.15) is 54.9 Å². The van der Waals surface area contributed by atoms with Gasteiger partial charge in [-0.3, -0.25) is 4.79 Å². The zero-order valence-corrected chi connectivity index (χ0v) is 17.7. The van der Waals surface area contributed by atoms with Crippen LogP contribution >= 0.6 is 0 Å². The van der Waals surface area contributed by atoms with Gasteiger partial charge in [0.15, 0.2) is 28.7 Å². The molecule has 0 amide bonds. The molecule has 0 saturated carbocycles. The van der Waals surface area contributed by atoms with Gasteiger partial charge in [0.25, 0.3) is 0 Å². The third kappa shape index (κ3) is 3.30. The van der Waals surface area contributed by atoms with E-state index in [-0.39, 0.29) is 31.4 Å². The first-order valence-corrected chi connectivity index (χ1v) is 11.0. The minimum atomic E-state index is -0.599. The molecule has 1 aliphatic carbocycles. The van der Waals surface area contributed by atoms with E-state index < -0.39 is 29.1 Å². The molecule has 0 radical (unpaired) electrons. The molecule has 2 aromatic rings. The molecule has 2 aromatic carbocycles. The lowest BCUT2D eigenvalue weighted by atomic mass is 9.66. The van der Waals surface area contributed by atoms with Gasteiger partial charge in [0, 0.05) is 18.4 Å². The van der Waals surface area contributed by atoms with Crippen LogP contribution < -0.4 is 9.47 Å². The standard InChI is InChI=1S/C24H26O8/c1-2-3-4-5-29-23-14-9-19-18(31-11-32-19)8-13(14)20(21-15(23)10-30-24(21)28)12-6-16(25)22(27)17(26)7-12/h6-9,15,20-21,23,25-27H,2-5,10-11H2,1H3/t15-,20+,21-,23+/m0/s1. The zero-order chi connectivity index (χ0) is 22.4. The van der Waals surface area contributed by atoms with Crippen molar-refractivity contribution >= 4 is 5.97 Å². The summed E-state index contributed by atoms with van der Waals surface area (Å²) >= 11 is 0. The summed E-state index contributed by atoms with van der Waals surface area (Å²) in [5, 5.41) is 30.1. The number of unbranched alkanes of at least 4 members (excludes halogenated alkanes) is 2. The predicted octanol–water partition coefficient (Wildman–Crippen LogP) is 3.71. The molecule has 4 atom stereocenters. The number of fused-ring (bicyclic) bond motifs is 3. The molecule has 3 N–H and O–H groups in total. The maximum atomic E-state index is 12.9. The summed E-state index contributed by atoms with van der Waals surface area (Å²) in [5.74, 6) is -2.00. The SMILES string of the molecule is CCCCCO[C@@H]1c2cc3c(cc2[C@@H](c2cc(O)c(O)c(O)c2)[C@H]2C(=O)OC[C@@H]21)OCO3. The molecule has 0 unspecified atom stereocenters. The van der Waals surface area contributed by atoms with Crippen LogP contribution in [0.4, 0.5) is 0 Å². The predicted molar refractivity (Wildman–Crippen MR) is 112 cm³/mol. The number of phenols is 3. The van der Waals surface area contributed by atoms with E-state index in [1.54, 1.807) is 0 Å². The highest BCUT2D eigenvalue weighted by atomic mass is 16.7. The zero-order valence-electron chi connectivity index (χ0n) is 17.7. The minimum absolute atomic E-state index is 0.112. The molecule has 8 heteroatoms. The van der Waals surface area contributed by atoms with E-state index in [1.807, 2.05) is 12.1 Å². The highest BCUT2D eigenvalue weighted by Crippen LogP contribution is 2.56. The van der Waals surface area contributed by atoms with E-state index in [2.05, 4.69) is 6.92 Å². The van der Waals surface area contributed by atoms with Gasteiger partial charge >= 0.3 is 5.97 Å². The minimum Gasteiger partial charge on any atom is -0.504 e. The van der Waals surface area contributed by atoms with Gasteiger partial charge in [-0.05, 0) is 47.4 Å². The molecule has 170 valence electrons. The van der Waals surface area contributed by atoms with Crippen LogP contribution in [-0.2, 0) is 14.3 Å². The van der Waals surface area contributed by atoms with Crippen LogP contribution in [0.3, 0.4) is 0 Å². The monoisotopic (exact) mass is 442 g/mol. The van der Waals surface area contributed by atoms with Gasteiger partial charge in [-0.2, -0.15) is 0 Å². The number of benzene rings is 2. The largest absolute Gasteiger partial charge is 0.504 e. The molecule has 0 bridgehead atoms. The molecule has 32 heavy (non-hydrogen) atoms. The van der Waals surface area contributed by atoms with Crippen LogP contribution in [0.5, 0.6) is 28.7 Å². The third-order valence-corrected chi connectivity index (χ3v) is 6.62. The lowest BCUT2D eigenvalue weighted by molar-refractivity contribution is -0.141. The van der Waals surface area contributed by atoms with E-state index in [1.165, 1.54) is 12.1 Å². The van der Waals surface area contributed by atoms with Crippen LogP contribution in [-0.4, -0.2) is 41.3 Å². The number of cyclic esters (lactones) is 1. The summed E-state index contributed by atoms with van der Waals surface area (Å²) in [7, 11) is 0. The maximum Gasteiger partial charge on any atom is 0.310 e. The number of hydrogen-bond donors (Lipinski definition) is 3. The molecule has 5 rings (SSSR count). The fourth-order valence-electron chi connectivity index (χ4n) is 5.09. The number of carbonyl (C=O) groups is 1. The van der Waals surface area contributed by atoms with Crippen molar-refractivity contribution in [3.05, 3.63) is 41.0 Å². The summed E-state index contributed by atoms with van der Waals surface area (Å²) in [6, 6.07) is 6.49. The number of hydrogen-bond acceptors (Lipinski definition) is 8. The van der Waals surface area contributed by atoms with Crippen LogP contribution in [0.15, 0.2) is 24.3 Å². The van der Waals surface area contributed by atoms with Crippen molar-refractivity contribution < 1.29 is 39.1 Å². The highest BCUT2D eigenvalue weighted by Gasteiger charge is 2.53. The number of phenolic OH excluding ortho intramolecular Hbond substituents is 3. The average molecular weight is 442 g/mol. The van der Waals surface area contributed by atoms with Gasteiger partial charge in [0.2, 0.25) is 6.79 Å². The first-order valence-electron chi connectivity index (χ1n) is 11.0. The second kappa shape index (κ2) is 8.09. The van der Waals surface area contributed by atoms with Crippen LogP contribution in [0, 0.1) is 11.8 Å². The van der Waals surface area contributed by atoms with E-state index >= 15 is 0 Å². The topological polar surface area (TPSA) is 115 Å². The van der Waals surface area contributed by atoms with E-state index in [9.17, 15) is 20.1 Å². The molecule has 2 heterocycles. The summed E-state index contributed by atoms with van der Waals surface area (Å²) in [4.78, 5) is 12.9. The Balaban J connectivity index is 1.64. The quantitative estimate of drug-likeness (QED) is 0.352. The van der Waals surface area contributed by atoms with E-state index in [0.29, 0.717) is 23.7 Å². The second-order valence-electron chi connectivity index (χ2n) is 8.54. The van der Waals surface area contributed by atoms with Crippen LogP contribution in [0.2, 0.25) is 0 Å². The van der Waals surface area contributed by atoms with Crippen molar-refractivity contribution in [2.24, 2.45) is 11.8 Å². The number of rotatable bonds is 6. The fraction of sp³-hybridized carbons (Fsp3) is 0.458. The molecule has 2 aliphatic heterocycles. The molecule has 3 aliphatic rings. The van der Waals surface area contributed by atoms with Crippen molar-refractivity contribution in [1.29, 1.82) is 0 Å². The molecule has 0 spiro atoms. The Bertz CT molecular complexity index is 1030. The van der Waals surface area contributed by atoms with Crippen molar-refractivity contribution in [3.8, 4) is 28.7 Å². The molecule has 0 aromatic heterocycles. The number of carbonyl (C=O) groups excluding carboxylic acids is 1. The lowest BCUT2D eigenvalue weighted by Gasteiger charge is -2.39. The highest BCUT2D eigenvalue weighted by molar-refractivity contribution is 5.79. The van der Waals surface area contributed by atoms with E-state index in [0.717, 1.165) is 30.4 Å². The van der Waals surface area contributed by atoms with Crippen LogP contribution in [0.25, 0.3) is 0 Å². The number of esters is 1. The summed E-state index contributed by atoms with van der Waals surface area (Å²) in [5.41, 5.74) is 2.16. The Labute approximate surface area is 185 Å². The molecule has 8 nitrogen and oxygen atoms in total. The molecular formula is C24H26O8. The van der Waals surface area contributed by atoms with Gasteiger partial charge in [-0.25, -0.2) is 0 Å². The normalized spacial score (nSPS) is 25.3. The Kier molecular flexibility index (Phi) is 5.25. The van der Waals surface area contributed by atoms with Crippen molar-refractivity contribution in [1.82, 2.24) is 0 Å². The second-order valence-corrected chi connectivity index (χ2v) is 8.54. The van der Waals surface area contributed by atoms with Gasteiger partial charge < -0.3 is 34.3 Å². The maximum absolute atomic E-state index is 12.9. The summed E-state index contributed by atoms with van der Waals surface area (Å²) < 4.78 is 23.0. The Morgan fingerprint density at radius 1 is 0.969 bits per heavy atom. The molecule has 1 saturated heterocycles. The smallest absolute Gasteiger partial charge is 0.310 e. The number of ether oxygens (including phenoxy) is 4. The first-order chi connectivity index (χ1) is 15.5. The Morgan fingerprint density at radius 3 is 2.34 bits per heavy atom. The Hall–Kier alpha value is -3.13. The van der Waals surface area contributed by atoms with Gasteiger partial charge in [-0.15, -0.1) is 0 Å². The number of aromatic hydroxyl groups is 3. The van der Waals surface area contributed by atoms with Crippen molar-refractivity contribution in [3.63, 3.8) is 0 Å². The summed E-state index contributed by atoms with van der Waals surface area (Å²) in [6.45, 7) is 3.03. The van der Waals surface area contributed by atoms with Gasteiger partial charge in [0.05, 0.1) is 18.6 Å². The van der Waals surface area contributed by atoms with Crippen molar-refractivity contribution in [2.75, 3.05) is 20.0 Å². The lowest BCUT2D eigenvalue weighted by Crippen LogP contribution is -2.36. The van der Waals surface area contributed by atoms with Crippen molar-refractivity contribution in [2.45, 2.75) is 38.2 Å².